The van der Waals surface area contributed by atoms with Crippen LogP contribution < -0.4 is 9.47 Å². The molecule has 8 heteroatoms. The molecule has 0 saturated carbocycles. The molecule has 0 atom stereocenters. The van der Waals surface area contributed by atoms with Gasteiger partial charge in [0.25, 0.3) is 11.8 Å². The Kier molecular flexibility index (Phi) is 11.7. The van der Waals surface area contributed by atoms with Crippen LogP contribution in [0.4, 0.5) is 0 Å². The zero-order valence-corrected chi connectivity index (χ0v) is 29.4. The van der Waals surface area contributed by atoms with Crippen LogP contribution in [0.1, 0.15) is 131 Å². The second-order valence-electron chi connectivity index (χ2n) is 13.7. The molecule has 4 rings (SSSR count). The SMILES string of the molecule is CCCCCCN1C(=O)C2=C(c3ccnc(OC(C)(C)CC)c3)N(CCCCCC)C(=O)C2=C1c1ccnc(OC(C)(C)CC)c1. The summed E-state index contributed by atoms with van der Waals surface area (Å²) in [6.45, 7) is 17.7. The number of hydrogen-bond donors (Lipinski definition) is 0. The molecule has 0 radical (unpaired) electrons. The second kappa shape index (κ2) is 15.3. The van der Waals surface area contributed by atoms with E-state index in [1.807, 2.05) is 61.8 Å². The van der Waals surface area contributed by atoms with E-state index in [1.54, 1.807) is 12.4 Å². The Bertz CT molecular complexity index is 1350. The molecular weight excluding hydrogens is 576 g/mol. The van der Waals surface area contributed by atoms with Crippen molar-refractivity contribution in [2.45, 2.75) is 131 Å². The second-order valence-corrected chi connectivity index (χ2v) is 13.7. The number of amides is 2. The summed E-state index contributed by atoms with van der Waals surface area (Å²) in [4.78, 5) is 41.7. The third-order valence-corrected chi connectivity index (χ3v) is 9.13. The van der Waals surface area contributed by atoms with E-state index in [4.69, 9.17) is 9.47 Å². The average molecular weight is 631 g/mol. The first-order chi connectivity index (χ1) is 22.0. The van der Waals surface area contributed by atoms with E-state index in [9.17, 15) is 9.59 Å². The van der Waals surface area contributed by atoms with Crippen molar-refractivity contribution in [2.24, 2.45) is 0 Å². The van der Waals surface area contributed by atoms with Crippen molar-refractivity contribution in [2.75, 3.05) is 13.1 Å². The zero-order valence-electron chi connectivity index (χ0n) is 29.4. The van der Waals surface area contributed by atoms with Crippen molar-refractivity contribution in [1.29, 1.82) is 0 Å². The van der Waals surface area contributed by atoms with Gasteiger partial charge in [-0.25, -0.2) is 9.97 Å². The minimum absolute atomic E-state index is 0.137. The molecule has 0 aliphatic carbocycles. The van der Waals surface area contributed by atoms with Crippen LogP contribution in [0.5, 0.6) is 11.8 Å². The Morgan fingerprint density at radius 2 is 1.00 bits per heavy atom. The number of aromatic nitrogens is 2. The monoisotopic (exact) mass is 630 g/mol. The van der Waals surface area contributed by atoms with Crippen LogP contribution in [0.2, 0.25) is 0 Å². The lowest BCUT2D eigenvalue weighted by atomic mass is 10.0. The summed E-state index contributed by atoms with van der Waals surface area (Å²) in [6, 6.07) is 7.51. The minimum Gasteiger partial charge on any atom is -0.472 e. The van der Waals surface area contributed by atoms with E-state index in [2.05, 4.69) is 37.7 Å². The smallest absolute Gasteiger partial charge is 0.261 e. The fraction of sp³-hybridized carbons (Fsp3) is 0.579. The normalized spacial score (nSPS) is 15.4. The predicted molar refractivity (Wildman–Crippen MR) is 184 cm³/mol. The highest BCUT2D eigenvalue weighted by Crippen LogP contribution is 2.47. The minimum atomic E-state index is -0.404. The zero-order chi connectivity index (χ0) is 33.5. The third kappa shape index (κ3) is 7.99. The van der Waals surface area contributed by atoms with Crippen LogP contribution in [0.3, 0.4) is 0 Å². The van der Waals surface area contributed by atoms with Gasteiger partial charge in [-0.2, -0.15) is 0 Å². The van der Waals surface area contributed by atoms with E-state index in [0.717, 1.165) is 75.3 Å². The van der Waals surface area contributed by atoms with Gasteiger partial charge in [-0.05, 0) is 65.5 Å². The molecule has 0 fully saturated rings. The fourth-order valence-electron chi connectivity index (χ4n) is 5.75. The lowest BCUT2D eigenvalue weighted by Crippen LogP contribution is -2.31. The molecule has 0 bridgehead atoms. The molecule has 2 aromatic heterocycles. The Morgan fingerprint density at radius 3 is 1.35 bits per heavy atom. The Labute approximate surface area is 276 Å². The van der Waals surface area contributed by atoms with Gasteiger partial charge in [0, 0.05) is 48.7 Å². The van der Waals surface area contributed by atoms with Crippen molar-refractivity contribution in [3.8, 4) is 11.8 Å². The lowest BCUT2D eigenvalue weighted by molar-refractivity contribution is -0.124. The maximum absolute atomic E-state index is 14.6. The van der Waals surface area contributed by atoms with Gasteiger partial charge < -0.3 is 19.3 Å². The molecule has 0 unspecified atom stereocenters. The van der Waals surface area contributed by atoms with Gasteiger partial charge >= 0.3 is 0 Å². The molecule has 2 aliphatic rings. The van der Waals surface area contributed by atoms with E-state index in [-0.39, 0.29) is 11.8 Å². The summed E-state index contributed by atoms with van der Waals surface area (Å²) in [5, 5.41) is 0. The molecule has 2 amide bonds. The molecule has 0 aromatic carbocycles. The largest absolute Gasteiger partial charge is 0.472 e. The van der Waals surface area contributed by atoms with Crippen LogP contribution >= 0.6 is 0 Å². The van der Waals surface area contributed by atoms with Gasteiger partial charge in [-0.3, -0.25) is 9.59 Å². The number of rotatable bonds is 18. The summed E-state index contributed by atoms with van der Waals surface area (Å²) in [5.74, 6) is 0.680. The number of hydrogen-bond acceptors (Lipinski definition) is 6. The molecule has 2 aromatic rings. The quantitative estimate of drug-likeness (QED) is 0.153. The van der Waals surface area contributed by atoms with Crippen LogP contribution in [-0.4, -0.2) is 55.9 Å². The van der Waals surface area contributed by atoms with Gasteiger partial charge in [-0.1, -0.05) is 66.2 Å². The summed E-state index contributed by atoms with van der Waals surface area (Å²) in [7, 11) is 0. The van der Waals surface area contributed by atoms with E-state index in [1.165, 1.54) is 0 Å². The first-order valence-electron chi connectivity index (χ1n) is 17.4. The first-order valence-corrected chi connectivity index (χ1v) is 17.4. The number of pyridine rings is 2. The maximum atomic E-state index is 14.6. The summed E-state index contributed by atoms with van der Waals surface area (Å²) >= 11 is 0. The number of ether oxygens (including phenoxy) is 2. The van der Waals surface area contributed by atoms with Crippen molar-refractivity contribution in [3.63, 3.8) is 0 Å². The number of carbonyl (C=O) groups is 2. The van der Waals surface area contributed by atoms with Gasteiger partial charge in [-0.15, -0.1) is 0 Å². The lowest BCUT2D eigenvalue weighted by Gasteiger charge is -2.27. The summed E-state index contributed by atoms with van der Waals surface area (Å²) < 4.78 is 12.5. The highest BCUT2D eigenvalue weighted by molar-refractivity contribution is 6.30. The summed E-state index contributed by atoms with van der Waals surface area (Å²) in [6.07, 6.45) is 13.2. The van der Waals surface area contributed by atoms with Crippen molar-refractivity contribution in [3.05, 3.63) is 58.9 Å². The molecule has 0 spiro atoms. The molecule has 4 heterocycles. The molecule has 2 aliphatic heterocycles. The highest BCUT2D eigenvalue weighted by Gasteiger charge is 2.48. The molecular formula is C38H54N4O4. The summed E-state index contributed by atoms with van der Waals surface area (Å²) in [5.41, 5.74) is 2.93. The maximum Gasteiger partial charge on any atom is 0.261 e. The van der Waals surface area contributed by atoms with Gasteiger partial charge in [0.2, 0.25) is 11.8 Å². The van der Waals surface area contributed by atoms with Gasteiger partial charge in [0.05, 0.1) is 22.5 Å². The molecule has 46 heavy (non-hydrogen) atoms. The molecule has 250 valence electrons. The predicted octanol–water partition coefficient (Wildman–Crippen LogP) is 8.58. The Morgan fingerprint density at radius 1 is 0.609 bits per heavy atom. The number of unbranched alkanes of at least 4 members (excludes halogenated alkanes) is 6. The molecule has 0 saturated heterocycles. The van der Waals surface area contributed by atoms with E-state index >= 15 is 0 Å². The topological polar surface area (TPSA) is 84.9 Å². The Balaban J connectivity index is 1.89. The standard InChI is InChI=1S/C38H54N4O4/c1-9-13-15-17-23-41-33(27-19-21-39-29(25-27)45-37(5,6)11-3)31-32(35(41)43)34(42(36(31)44)24-18-16-14-10-2)28-20-22-40-30(26-28)46-38(7,8)12-4/h19-22,25-26H,9-18,23-24H2,1-8H3. The van der Waals surface area contributed by atoms with Gasteiger partial charge in [0.1, 0.15) is 11.2 Å². The van der Waals surface area contributed by atoms with Crippen molar-refractivity contribution >= 4 is 23.2 Å². The van der Waals surface area contributed by atoms with Crippen LogP contribution in [0.15, 0.2) is 47.8 Å². The molecule has 0 N–H and O–H groups in total. The Hall–Kier alpha value is -3.68. The van der Waals surface area contributed by atoms with Crippen molar-refractivity contribution in [1.82, 2.24) is 19.8 Å². The number of carbonyl (C=O) groups excluding carboxylic acids is 2. The van der Waals surface area contributed by atoms with E-state index in [0.29, 0.717) is 47.4 Å². The van der Waals surface area contributed by atoms with Crippen molar-refractivity contribution < 1.29 is 19.1 Å². The van der Waals surface area contributed by atoms with E-state index < -0.39 is 11.2 Å². The third-order valence-electron chi connectivity index (χ3n) is 9.13. The van der Waals surface area contributed by atoms with Gasteiger partial charge in [0.15, 0.2) is 0 Å². The fourth-order valence-corrected chi connectivity index (χ4v) is 5.75. The number of fused-ring (bicyclic) bond motifs is 1. The average Bonchev–Trinajstić information content (AvgIpc) is 3.47. The highest BCUT2D eigenvalue weighted by atomic mass is 16.5. The molecule has 8 nitrogen and oxygen atoms in total. The van der Waals surface area contributed by atoms with Crippen LogP contribution in [0.25, 0.3) is 11.4 Å². The van der Waals surface area contributed by atoms with Crippen LogP contribution in [-0.2, 0) is 9.59 Å². The first kappa shape index (κ1) is 35.2. The van der Waals surface area contributed by atoms with Crippen LogP contribution in [0, 0.1) is 0 Å². The number of nitrogens with zero attached hydrogens (tertiary/aromatic N) is 4.